The Morgan fingerprint density at radius 1 is 1.04 bits per heavy atom. The molecule has 0 fully saturated rings. The van der Waals surface area contributed by atoms with Gasteiger partial charge in [-0.25, -0.2) is 4.79 Å². The molecule has 27 heavy (non-hydrogen) atoms. The molecule has 5 nitrogen and oxygen atoms in total. The van der Waals surface area contributed by atoms with Crippen molar-refractivity contribution in [3.63, 3.8) is 0 Å². The van der Waals surface area contributed by atoms with Crippen molar-refractivity contribution in [1.29, 1.82) is 0 Å². The van der Waals surface area contributed by atoms with Gasteiger partial charge in [-0.2, -0.15) is 0 Å². The molecule has 1 atom stereocenters. The Hall–Kier alpha value is -2.82. The Labute approximate surface area is 160 Å². The number of carbonyl (C=O) groups excluding carboxylic acids is 2. The fraction of sp³-hybridized carbons (Fsp3) is 0.364. The topological polar surface area (TPSA) is 64.6 Å². The summed E-state index contributed by atoms with van der Waals surface area (Å²) in [6, 6.07) is 13.6. The number of hydrogen-bond acceptors (Lipinski definition) is 4. The third-order valence-electron chi connectivity index (χ3n) is 4.31. The van der Waals surface area contributed by atoms with Gasteiger partial charge >= 0.3 is 5.97 Å². The van der Waals surface area contributed by atoms with Gasteiger partial charge < -0.3 is 14.8 Å². The van der Waals surface area contributed by atoms with Crippen LogP contribution < -0.4 is 10.1 Å². The zero-order valence-corrected chi connectivity index (χ0v) is 16.4. The summed E-state index contributed by atoms with van der Waals surface area (Å²) in [6.07, 6.45) is 0.973. The highest BCUT2D eigenvalue weighted by Crippen LogP contribution is 2.18. The van der Waals surface area contributed by atoms with Gasteiger partial charge in [-0.15, -0.1) is 0 Å². The molecule has 0 aromatic heterocycles. The lowest BCUT2D eigenvalue weighted by molar-refractivity contribution is -0.150. The molecule has 144 valence electrons. The predicted molar refractivity (Wildman–Crippen MR) is 105 cm³/mol. The van der Waals surface area contributed by atoms with Crippen LogP contribution >= 0.6 is 0 Å². The lowest BCUT2D eigenvalue weighted by atomic mass is 10.1. The highest BCUT2D eigenvalue weighted by molar-refractivity contribution is 5.81. The van der Waals surface area contributed by atoms with E-state index in [9.17, 15) is 9.59 Å². The lowest BCUT2D eigenvalue weighted by Crippen LogP contribution is -2.32. The van der Waals surface area contributed by atoms with Gasteiger partial charge in [-0.3, -0.25) is 4.79 Å². The summed E-state index contributed by atoms with van der Waals surface area (Å²) in [6.45, 7) is 7.33. The molecule has 0 saturated carbocycles. The van der Waals surface area contributed by atoms with Crippen LogP contribution in [0.2, 0.25) is 0 Å². The first-order valence-electron chi connectivity index (χ1n) is 9.13. The van der Waals surface area contributed by atoms with E-state index in [1.165, 1.54) is 5.56 Å². The quantitative estimate of drug-likeness (QED) is 0.721. The molecule has 1 amide bonds. The van der Waals surface area contributed by atoms with Gasteiger partial charge in [0.05, 0.1) is 6.04 Å². The molecule has 0 bridgehead atoms. The van der Waals surface area contributed by atoms with Gasteiger partial charge in [0.1, 0.15) is 5.75 Å². The molecule has 2 aromatic carbocycles. The summed E-state index contributed by atoms with van der Waals surface area (Å²) in [4.78, 5) is 23.8. The monoisotopic (exact) mass is 369 g/mol. The van der Waals surface area contributed by atoms with Crippen molar-refractivity contribution >= 4 is 11.9 Å². The third kappa shape index (κ3) is 6.44. The van der Waals surface area contributed by atoms with Crippen LogP contribution in [0.15, 0.2) is 42.5 Å². The van der Waals surface area contributed by atoms with Crippen LogP contribution in [0.1, 0.15) is 42.1 Å². The maximum absolute atomic E-state index is 12.0. The number of rotatable bonds is 8. The van der Waals surface area contributed by atoms with Crippen LogP contribution in [0.3, 0.4) is 0 Å². The molecule has 1 N–H and O–H groups in total. The summed E-state index contributed by atoms with van der Waals surface area (Å²) in [5, 5.41) is 2.82. The third-order valence-corrected chi connectivity index (χ3v) is 4.31. The predicted octanol–water partition coefficient (Wildman–Crippen LogP) is 3.67. The SMILES string of the molecule is CCc1ccc([C@@H](C)NC(=O)COC(=O)COc2ccc(C)cc2C)cc1. The van der Waals surface area contributed by atoms with Crippen LogP contribution in [-0.4, -0.2) is 25.1 Å². The Morgan fingerprint density at radius 3 is 2.37 bits per heavy atom. The zero-order chi connectivity index (χ0) is 19.8. The average molecular weight is 369 g/mol. The molecule has 5 heteroatoms. The number of nitrogens with one attached hydrogen (secondary N) is 1. The van der Waals surface area contributed by atoms with Crippen LogP contribution in [0.4, 0.5) is 0 Å². The zero-order valence-electron chi connectivity index (χ0n) is 16.4. The van der Waals surface area contributed by atoms with E-state index in [0.717, 1.165) is 23.1 Å². The number of amides is 1. The van der Waals surface area contributed by atoms with Gasteiger partial charge in [-0.05, 0) is 49.9 Å². The van der Waals surface area contributed by atoms with Gasteiger partial charge in [0, 0.05) is 0 Å². The van der Waals surface area contributed by atoms with Crippen LogP contribution in [-0.2, 0) is 20.7 Å². The molecule has 0 spiro atoms. The molecule has 0 aliphatic heterocycles. The molecule has 0 heterocycles. The standard InChI is InChI=1S/C22H27NO4/c1-5-18-7-9-19(10-8-18)17(4)23-21(24)13-27-22(25)14-26-20-11-6-15(2)12-16(20)3/h6-12,17H,5,13-14H2,1-4H3,(H,23,24)/t17-/m1/s1. The number of benzene rings is 2. The maximum atomic E-state index is 12.0. The van der Waals surface area contributed by atoms with Crippen molar-refractivity contribution < 1.29 is 19.1 Å². The lowest BCUT2D eigenvalue weighted by Gasteiger charge is -2.15. The number of ether oxygens (including phenoxy) is 2. The van der Waals surface area contributed by atoms with Crippen molar-refractivity contribution in [2.24, 2.45) is 0 Å². The first kappa shape index (κ1) is 20.5. The van der Waals surface area contributed by atoms with E-state index >= 15 is 0 Å². The second-order valence-electron chi connectivity index (χ2n) is 6.60. The second kappa shape index (κ2) is 9.76. The van der Waals surface area contributed by atoms with Crippen molar-refractivity contribution in [2.45, 2.75) is 40.2 Å². The second-order valence-corrected chi connectivity index (χ2v) is 6.60. The Bertz CT molecular complexity index is 783. The molecule has 0 radical (unpaired) electrons. The minimum Gasteiger partial charge on any atom is -0.482 e. The summed E-state index contributed by atoms with van der Waals surface area (Å²) >= 11 is 0. The van der Waals surface area contributed by atoms with E-state index < -0.39 is 5.97 Å². The number of hydrogen-bond donors (Lipinski definition) is 1. The van der Waals surface area contributed by atoms with Gasteiger partial charge in [0.15, 0.2) is 13.2 Å². The van der Waals surface area contributed by atoms with Crippen LogP contribution in [0.25, 0.3) is 0 Å². The number of aryl methyl sites for hydroxylation is 3. The minimum absolute atomic E-state index is 0.159. The van der Waals surface area contributed by atoms with Crippen molar-refractivity contribution in [3.8, 4) is 5.75 Å². The molecule has 2 aromatic rings. The summed E-state index contributed by atoms with van der Waals surface area (Å²) < 4.78 is 10.4. The van der Waals surface area contributed by atoms with Crippen molar-refractivity contribution in [1.82, 2.24) is 5.32 Å². The van der Waals surface area contributed by atoms with Crippen molar-refractivity contribution in [2.75, 3.05) is 13.2 Å². The van der Waals surface area contributed by atoms with Crippen LogP contribution in [0, 0.1) is 13.8 Å². The average Bonchev–Trinajstić information content (AvgIpc) is 2.65. The highest BCUT2D eigenvalue weighted by atomic mass is 16.6. The molecule has 0 aliphatic rings. The Morgan fingerprint density at radius 2 is 1.74 bits per heavy atom. The Kier molecular flexibility index (Phi) is 7.41. The molecular formula is C22H27NO4. The minimum atomic E-state index is -0.579. The molecule has 0 saturated heterocycles. The van der Waals surface area contributed by atoms with E-state index in [4.69, 9.17) is 9.47 Å². The summed E-state index contributed by atoms with van der Waals surface area (Å²) in [5.74, 6) is -0.293. The van der Waals surface area contributed by atoms with E-state index in [1.807, 2.05) is 63.2 Å². The molecular weight excluding hydrogens is 342 g/mol. The van der Waals surface area contributed by atoms with Crippen LogP contribution in [0.5, 0.6) is 5.75 Å². The Balaban J connectivity index is 1.74. The summed E-state index contributed by atoms with van der Waals surface area (Å²) in [7, 11) is 0. The van der Waals surface area contributed by atoms with Gasteiger partial charge in [-0.1, -0.05) is 48.9 Å². The largest absolute Gasteiger partial charge is 0.482 e. The number of esters is 1. The normalized spacial score (nSPS) is 11.6. The van der Waals surface area contributed by atoms with E-state index in [1.54, 1.807) is 0 Å². The van der Waals surface area contributed by atoms with Gasteiger partial charge in [0.25, 0.3) is 5.91 Å². The first-order chi connectivity index (χ1) is 12.9. The van der Waals surface area contributed by atoms with E-state index in [2.05, 4.69) is 12.2 Å². The molecule has 0 unspecified atom stereocenters. The summed E-state index contributed by atoms with van der Waals surface area (Å²) in [5.41, 5.74) is 4.32. The first-order valence-corrected chi connectivity index (χ1v) is 9.13. The smallest absolute Gasteiger partial charge is 0.344 e. The fourth-order valence-electron chi connectivity index (χ4n) is 2.69. The van der Waals surface area contributed by atoms with E-state index in [0.29, 0.717) is 5.75 Å². The number of carbonyl (C=O) groups is 2. The van der Waals surface area contributed by atoms with Crippen molar-refractivity contribution in [3.05, 3.63) is 64.7 Å². The van der Waals surface area contributed by atoms with Gasteiger partial charge in [0.2, 0.25) is 0 Å². The fourth-order valence-corrected chi connectivity index (χ4v) is 2.69. The van der Waals surface area contributed by atoms with E-state index in [-0.39, 0.29) is 25.2 Å². The maximum Gasteiger partial charge on any atom is 0.344 e. The molecule has 0 aliphatic carbocycles. The molecule has 2 rings (SSSR count). The highest BCUT2D eigenvalue weighted by Gasteiger charge is 2.13.